The van der Waals surface area contributed by atoms with Gasteiger partial charge in [-0.2, -0.15) is 0 Å². The van der Waals surface area contributed by atoms with Gasteiger partial charge >= 0.3 is 5.97 Å². The first-order valence-electron chi connectivity index (χ1n) is 6.79. The summed E-state index contributed by atoms with van der Waals surface area (Å²) in [5.41, 5.74) is -0.164. The summed E-state index contributed by atoms with van der Waals surface area (Å²) in [6.07, 6.45) is 1.24. The number of carbonyl (C=O) groups is 1. The lowest BCUT2D eigenvalue weighted by atomic mass is 10.3. The lowest BCUT2D eigenvalue weighted by Crippen LogP contribution is -2.26. The van der Waals surface area contributed by atoms with E-state index in [4.69, 9.17) is 9.84 Å². The third kappa shape index (κ3) is 3.48. The van der Waals surface area contributed by atoms with Crippen LogP contribution < -0.4 is 5.56 Å². The molecule has 0 aliphatic carbocycles. The predicted molar refractivity (Wildman–Crippen MR) is 81.1 cm³/mol. The molecule has 0 aromatic carbocycles. The van der Waals surface area contributed by atoms with Gasteiger partial charge in [0, 0.05) is 25.0 Å². The number of aliphatic carboxylic acids is 1. The molecule has 0 amide bonds. The highest BCUT2D eigenvalue weighted by Crippen LogP contribution is 2.22. The topological polar surface area (TPSA) is 81.4 Å². The zero-order valence-corrected chi connectivity index (χ0v) is 12.9. The van der Waals surface area contributed by atoms with Gasteiger partial charge in [0.25, 0.3) is 5.56 Å². The quantitative estimate of drug-likeness (QED) is 0.841. The lowest BCUT2D eigenvalue weighted by Gasteiger charge is -2.10. The van der Waals surface area contributed by atoms with Gasteiger partial charge in [-0.3, -0.25) is 14.2 Å². The SMILES string of the molecule is CCc1cc2c(=O)n(CCC(=O)O)c(CCOC)nc2s1. The minimum atomic E-state index is -0.931. The van der Waals surface area contributed by atoms with E-state index in [9.17, 15) is 9.59 Å². The second-order valence-corrected chi connectivity index (χ2v) is 5.77. The summed E-state index contributed by atoms with van der Waals surface area (Å²) in [5.74, 6) is -0.348. The van der Waals surface area contributed by atoms with Gasteiger partial charge in [-0.1, -0.05) is 6.92 Å². The van der Waals surface area contributed by atoms with Crippen molar-refractivity contribution in [3.05, 3.63) is 27.1 Å². The molecule has 1 N–H and O–H groups in total. The maximum atomic E-state index is 12.6. The van der Waals surface area contributed by atoms with Gasteiger partial charge in [0.2, 0.25) is 0 Å². The number of nitrogens with zero attached hydrogens (tertiary/aromatic N) is 2. The number of ether oxygens (including phenoxy) is 1. The highest BCUT2D eigenvalue weighted by Gasteiger charge is 2.14. The third-order valence-corrected chi connectivity index (χ3v) is 4.38. The highest BCUT2D eigenvalue weighted by atomic mass is 32.1. The first-order valence-corrected chi connectivity index (χ1v) is 7.61. The Morgan fingerprint density at radius 3 is 2.90 bits per heavy atom. The average molecular weight is 310 g/mol. The number of methoxy groups -OCH3 is 1. The monoisotopic (exact) mass is 310 g/mol. The minimum Gasteiger partial charge on any atom is -0.481 e. The van der Waals surface area contributed by atoms with Crippen molar-refractivity contribution in [1.82, 2.24) is 9.55 Å². The van der Waals surface area contributed by atoms with Crippen molar-refractivity contribution in [3.8, 4) is 0 Å². The Bertz CT molecular complexity index is 705. The molecule has 6 nitrogen and oxygen atoms in total. The summed E-state index contributed by atoms with van der Waals surface area (Å²) < 4.78 is 6.50. The van der Waals surface area contributed by atoms with Crippen LogP contribution in [0.25, 0.3) is 10.2 Å². The standard InChI is InChI=1S/C14H18N2O4S/c1-3-9-8-10-13(21-9)15-11(5-7-20-2)16(14(10)19)6-4-12(17)18/h8H,3-7H2,1-2H3,(H,17,18). The molecule has 0 bridgehead atoms. The number of fused-ring (bicyclic) bond motifs is 1. The molecule has 2 aromatic heterocycles. The van der Waals surface area contributed by atoms with E-state index in [0.29, 0.717) is 24.2 Å². The van der Waals surface area contributed by atoms with E-state index in [2.05, 4.69) is 4.98 Å². The number of thiophene rings is 1. The molecule has 0 saturated heterocycles. The van der Waals surface area contributed by atoms with E-state index >= 15 is 0 Å². The fourth-order valence-electron chi connectivity index (χ4n) is 2.10. The molecule has 2 heterocycles. The summed E-state index contributed by atoms with van der Waals surface area (Å²) >= 11 is 1.51. The second kappa shape index (κ2) is 6.82. The highest BCUT2D eigenvalue weighted by molar-refractivity contribution is 7.18. The molecule has 21 heavy (non-hydrogen) atoms. The molecule has 0 unspecified atom stereocenters. The first-order chi connectivity index (χ1) is 10.1. The van der Waals surface area contributed by atoms with E-state index in [1.54, 1.807) is 7.11 Å². The first kappa shape index (κ1) is 15.7. The van der Waals surface area contributed by atoms with E-state index in [1.807, 2.05) is 13.0 Å². The maximum Gasteiger partial charge on any atom is 0.305 e. The van der Waals surface area contributed by atoms with E-state index in [1.165, 1.54) is 15.9 Å². The van der Waals surface area contributed by atoms with Crippen molar-refractivity contribution >= 4 is 27.5 Å². The van der Waals surface area contributed by atoms with E-state index in [0.717, 1.165) is 16.1 Å². The van der Waals surface area contributed by atoms with Crippen LogP contribution in [0.2, 0.25) is 0 Å². The summed E-state index contributed by atoms with van der Waals surface area (Å²) in [6, 6.07) is 1.85. The van der Waals surface area contributed by atoms with Gasteiger partial charge in [0.05, 0.1) is 18.4 Å². The molecule has 0 atom stereocenters. The molecule has 7 heteroatoms. The normalized spacial score (nSPS) is 11.1. The van der Waals surface area contributed by atoms with Crippen molar-refractivity contribution in [3.63, 3.8) is 0 Å². The number of aromatic nitrogens is 2. The van der Waals surface area contributed by atoms with Crippen LogP contribution in [0.5, 0.6) is 0 Å². The lowest BCUT2D eigenvalue weighted by molar-refractivity contribution is -0.137. The molecule has 0 aliphatic heterocycles. The van der Waals surface area contributed by atoms with Gasteiger partial charge in [-0.05, 0) is 12.5 Å². The van der Waals surface area contributed by atoms with Gasteiger partial charge in [0.1, 0.15) is 10.7 Å². The van der Waals surface area contributed by atoms with Crippen molar-refractivity contribution in [2.75, 3.05) is 13.7 Å². The summed E-state index contributed by atoms with van der Waals surface area (Å²) in [5, 5.41) is 9.40. The van der Waals surface area contributed by atoms with Crippen molar-refractivity contribution in [2.45, 2.75) is 32.7 Å². The average Bonchev–Trinajstić information content (AvgIpc) is 2.87. The van der Waals surface area contributed by atoms with Crippen LogP contribution in [0.1, 0.15) is 24.0 Å². The van der Waals surface area contributed by atoms with Crippen molar-refractivity contribution in [2.24, 2.45) is 0 Å². The summed E-state index contributed by atoms with van der Waals surface area (Å²) in [6.45, 7) is 2.60. The second-order valence-electron chi connectivity index (χ2n) is 4.66. The molecule has 0 saturated carbocycles. The number of carboxylic acids is 1. The maximum absolute atomic E-state index is 12.6. The van der Waals surface area contributed by atoms with Crippen LogP contribution in [0, 0.1) is 0 Å². The molecule has 114 valence electrons. The molecule has 0 aliphatic rings. The van der Waals surface area contributed by atoms with Crippen LogP contribution in [0.3, 0.4) is 0 Å². The Morgan fingerprint density at radius 2 is 2.29 bits per heavy atom. The molecule has 0 fully saturated rings. The molecule has 0 spiro atoms. The fraction of sp³-hybridized carbons (Fsp3) is 0.500. The van der Waals surface area contributed by atoms with Crippen LogP contribution in [-0.2, 0) is 28.9 Å². The van der Waals surface area contributed by atoms with Gasteiger partial charge in [0.15, 0.2) is 0 Å². The molecule has 2 aromatic rings. The summed E-state index contributed by atoms with van der Waals surface area (Å²) in [4.78, 5) is 29.7. The molecular formula is C14H18N2O4S. The number of hydrogen-bond donors (Lipinski definition) is 1. The Balaban J connectivity index is 2.51. The molecule has 2 rings (SSSR count). The van der Waals surface area contributed by atoms with Crippen LogP contribution in [0.4, 0.5) is 0 Å². The Morgan fingerprint density at radius 1 is 1.52 bits per heavy atom. The van der Waals surface area contributed by atoms with Crippen LogP contribution in [-0.4, -0.2) is 34.3 Å². The molecule has 0 radical (unpaired) electrons. The largest absolute Gasteiger partial charge is 0.481 e. The smallest absolute Gasteiger partial charge is 0.305 e. The Hall–Kier alpha value is -1.73. The number of hydrogen-bond acceptors (Lipinski definition) is 5. The predicted octanol–water partition coefficient (Wildman–Crippen LogP) is 1.68. The minimum absolute atomic E-state index is 0.0994. The molecular weight excluding hydrogens is 292 g/mol. The fourth-order valence-corrected chi connectivity index (χ4v) is 3.08. The summed E-state index contributed by atoms with van der Waals surface area (Å²) in [7, 11) is 1.58. The van der Waals surface area contributed by atoms with Crippen LogP contribution in [0.15, 0.2) is 10.9 Å². The van der Waals surface area contributed by atoms with E-state index in [-0.39, 0.29) is 18.5 Å². The Kier molecular flexibility index (Phi) is 5.08. The zero-order chi connectivity index (χ0) is 15.4. The van der Waals surface area contributed by atoms with Gasteiger partial charge in [-0.25, -0.2) is 4.98 Å². The van der Waals surface area contributed by atoms with Gasteiger partial charge in [-0.15, -0.1) is 11.3 Å². The van der Waals surface area contributed by atoms with E-state index < -0.39 is 5.97 Å². The van der Waals surface area contributed by atoms with Crippen molar-refractivity contribution < 1.29 is 14.6 Å². The van der Waals surface area contributed by atoms with Crippen molar-refractivity contribution in [1.29, 1.82) is 0 Å². The van der Waals surface area contributed by atoms with Crippen LogP contribution >= 0.6 is 11.3 Å². The van der Waals surface area contributed by atoms with Gasteiger partial charge < -0.3 is 9.84 Å². The Labute approximate surface area is 126 Å². The number of aryl methyl sites for hydroxylation is 1. The third-order valence-electron chi connectivity index (χ3n) is 3.21. The number of carboxylic acid groups (broad SMARTS) is 1. The zero-order valence-electron chi connectivity index (χ0n) is 12.1. The number of rotatable bonds is 7.